The summed E-state index contributed by atoms with van der Waals surface area (Å²) in [4.78, 5) is 25.9. The first-order chi connectivity index (χ1) is 18.4. The fraction of sp³-hybridized carbons (Fsp3) is 0.333. The molecule has 10 nitrogen and oxygen atoms in total. The summed E-state index contributed by atoms with van der Waals surface area (Å²) in [6, 6.07) is 10.9. The lowest BCUT2D eigenvalue weighted by molar-refractivity contribution is 0.00357. The number of aromatic nitrogens is 3. The van der Waals surface area contributed by atoms with Crippen molar-refractivity contribution in [1.82, 2.24) is 15.0 Å². The Morgan fingerprint density at radius 2 is 2.16 bits per heavy atom. The number of halogens is 1. The number of nitrogens with zero attached hydrogens (tertiary/aromatic N) is 2. The average Bonchev–Trinajstić information content (AvgIpc) is 3.36. The second-order valence-corrected chi connectivity index (χ2v) is 9.66. The van der Waals surface area contributed by atoms with Gasteiger partial charge in [-0.3, -0.25) is 4.79 Å². The number of rotatable bonds is 8. The zero-order valence-electron chi connectivity index (χ0n) is 21.1. The van der Waals surface area contributed by atoms with Crippen LogP contribution in [0.3, 0.4) is 0 Å². The highest BCUT2D eigenvalue weighted by Crippen LogP contribution is 2.31. The molecule has 5 rings (SSSR count). The van der Waals surface area contributed by atoms with E-state index in [-0.39, 0.29) is 24.8 Å². The molecule has 3 heterocycles. The van der Waals surface area contributed by atoms with E-state index in [1.54, 1.807) is 30.5 Å². The first-order valence-electron chi connectivity index (χ1n) is 12.3. The normalized spacial score (nSPS) is 16.6. The van der Waals surface area contributed by atoms with E-state index in [0.29, 0.717) is 46.6 Å². The molecule has 0 bridgehead atoms. The molecule has 0 aliphatic carbocycles. The van der Waals surface area contributed by atoms with Crippen LogP contribution in [-0.4, -0.2) is 71.2 Å². The average molecular weight is 540 g/mol. The highest BCUT2D eigenvalue weighted by atomic mass is 35.5. The molecule has 38 heavy (non-hydrogen) atoms. The molecule has 0 saturated carbocycles. The van der Waals surface area contributed by atoms with Gasteiger partial charge >= 0.3 is 0 Å². The first-order valence-corrected chi connectivity index (χ1v) is 12.7. The van der Waals surface area contributed by atoms with Crippen LogP contribution in [0.5, 0.6) is 5.75 Å². The number of H-pyrrole nitrogens is 2. The van der Waals surface area contributed by atoms with Crippen LogP contribution in [0.2, 0.25) is 5.02 Å². The molecule has 0 spiro atoms. The second kappa shape index (κ2) is 11.0. The van der Waals surface area contributed by atoms with E-state index in [0.717, 1.165) is 28.8 Å². The van der Waals surface area contributed by atoms with Crippen molar-refractivity contribution < 1.29 is 19.7 Å². The zero-order chi connectivity index (χ0) is 26.8. The lowest BCUT2D eigenvalue weighted by Gasteiger charge is -2.33. The van der Waals surface area contributed by atoms with E-state index < -0.39 is 6.10 Å². The van der Waals surface area contributed by atoms with Gasteiger partial charge in [0.05, 0.1) is 54.3 Å². The molecule has 5 N–H and O–H groups in total. The highest BCUT2D eigenvalue weighted by Gasteiger charge is 2.22. The summed E-state index contributed by atoms with van der Waals surface area (Å²) in [5, 5.41) is 23.8. The number of hydrogen-bond donors (Lipinski definition) is 5. The molecular formula is C27H30ClN5O5. The maximum atomic E-state index is 12.9. The van der Waals surface area contributed by atoms with Gasteiger partial charge in [0.25, 0.3) is 5.56 Å². The summed E-state index contributed by atoms with van der Waals surface area (Å²) in [6.45, 7) is 3.95. The van der Waals surface area contributed by atoms with Crippen LogP contribution in [0.4, 0.5) is 11.4 Å². The highest BCUT2D eigenvalue weighted by molar-refractivity contribution is 6.32. The molecule has 2 aromatic heterocycles. The van der Waals surface area contributed by atoms with Crippen molar-refractivity contribution in [3.05, 3.63) is 69.1 Å². The van der Waals surface area contributed by atoms with Crippen molar-refractivity contribution in [2.75, 3.05) is 50.2 Å². The van der Waals surface area contributed by atoms with Gasteiger partial charge in [-0.15, -0.1) is 0 Å². The van der Waals surface area contributed by atoms with Crippen LogP contribution in [0.25, 0.3) is 22.4 Å². The number of pyridine rings is 1. The topological polar surface area (TPSA) is 136 Å². The van der Waals surface area contributed by atoms with Gasteiger partial charge in [-0.25, -0.2) is 4.98 Å². The summed E-state index contributed by atoms with van der Waals surface area (Å²) in [5.74, 6) is 0.944. The molecule has 0 amide bonds. The molecular weight excluding hydrogens is 510 g/mol. The van der Waals surface area contributed by atoms with Crippen LogP contribution >= 0.6 is 11.6 Å². The molecule has 2 aromatic carbocycles. The van der Waals surface area contributed by atoms with Crippen molar-refractivity contribution >= 4 is 34.0 Å². The molecule has 11 heteroatoms. The Morgan fingerprint density at radius 3 is 2.92 bits per heavy atom. The Morgan fingerprint density at radius 1 is 1.32 bits per heavy atom. The van der Waals surface area contributed by atoms with Gasteiger partial charge in [0.2, 0.25) is 0 Å². The lowest BCUT2D eigenvalue weighted by Crippen LogP contribution is -2.44. The second-order valence-electron chi connectivity index (χ2n) is 9.25. The Labute approximate surface area is 224 Å². The standard InChI is InChI=1S/C27H30ClN5O5/c1-15-9-17(33-7-8-38-18(13-33)14-34)11-21-25(15)32-26(31-21)24-20(5-6-29-27(24)36)30-12-22(35)16-3-4-23(37-2)19(28)10-16/h3-6,9-11,18,22,34-35H,7-8,12-14H2,1-2H3,(H,31,32)(H2,29,30,36)/t18-,22+/m1/s1. The van der Waals surface area contributed by atoms with Crippen LogP contribution in [-0.2, 0) is 4.74 Å². The number of anilines is 2. The molecule has 1 saturated heterocycles. The number of aryl methyl sites for hydroxylation is 1. The number of benzene rings is 2. The number of ether oxygens (including phenoxy) is 2. The SMILES string of the molecule is COc1ccc([C@@H](O)CNc2cc[nH]c(=O)c2-c2nc3c(C)cc(N4CCO[C@@H](CO)C4)cc3[nH]2)cc1Cl. The van der Waals surface area contributed by atoms with E-state index in [2.05, 4.69) is 26.3 Å². The Hall–Kier alpha value is -3.57. The van der Waals surface area contributed by atoms with Crippen LogP contribution in [0, 0.1) is 6.92 Å². The minimum absolute atomic E-state index is 0.0291. The molecule has 2 atom stereocenters. The van der Waals surface area contributed by atoms with Gasteiger partial charge in [0.1, 0.15) is 17.1 Å². The van der Waals surface area contributed by atoms with E-state index >= 15 is 0 Å². The molecule has 0 radical (unpaired) electrons. The van der Waals surface area contributed by atoms with E-state index in [9.17, 15) is 15.0 Å². The molecule has 0 unspecified atom stereocenters. The van der Waals surface area contributed by atoms with Gasteiger partial charge in [-0.2, -0.15) is 0 Å². The Balaban J connectivity index is 1.42. The Bertz CT molecular complexity index is 1500. The van der Waals surface area contributed by atoms with Gasteiger partial charge in [-0.05, 0) is 48.4 Å². The number of morpholine rings is 1. The third kappa shape index (κ3) is 5.21. The molecule has 1 fully saturated rings. The summed E-state index contributed by atoms with van der Waals surface area (Å²) in [7, 11) is 1.53. The van der Waals surface area contributed by atoms with E-state index in [1.165, 1.54) is 7.11 Å². The van der Waals surface area contributed by atoms with Crippen molar-refractivity contribution in [1.29, 1.82) is 0 Å². The first kappa shape index (κ1) is 26.1. The third-order valence-electron chi connectivity index (χ3n) is 6.71. The van der Waals surface area contributed by atoms with Gasteiger partial charge in [-0.1, -0.05) is 17.7 Å². The zero-order valence-corrected chi connectivity index (χ0v) is 21.9. The van der Waals surface area contributed by atoms with Crippen molar-refractivity contribution in [3.8, 4) is 17.1 Å². The maximum absolute atomic E-state index is 12.9. The summed E-state index contributed by atoms with van der Waals surface area (Å²) < 4.78 is 10.8. The van der Waals surface area contributed by atoms with Gasteiger partial charge < -0.3 is 39.9 Å². The number of aliphatic hydroxyl groups is 2. The molecule has 4 aromatic rings. The number of nitrogens with one attached hydrogen (secondary N) is 3. The number of fused-ring (bicyclic) bond motifs is 1. The number of methoxy groups -OCH3 is 1. The summed E-state index contributed by atoms with van der Waals surface area (Å²) in [5.41, 5.74) is 4.69. The van der Waals surface area contributed by atoms with Crippen LogP contribution < -0.4 is 20.5 Å². The molecule has 1 aliphatic heterocycles. The minimum atomic E-state index is -0.873. The van der Waals surface area contributed by atoms with E-state index in [4.69, 9.17) is 26.1 Å². The fourth-order valence-electron chi connectivity index (χ4n) is 4.71. The number of aromatic amines is 2. The lowest BCUT2D eigenvalue weighted by atomic mass is 10.1. The maximum Gasteiger partial charge on any atom is 0.261 e. The van der Waals surface area contributed by atoms with E-state index in [1.807, 2.05) is 13.0 Å². The summed E-state index contributed by atoms with van der Waals surface area (Å²) >= 11 is 6.21. The predicted octanol–water partition coefficient (Wildman–Crippen LogP) is 3.23. The number of aliphatic hydroxyl groups excluding tert-OH is 2. The van der Waals surface area contributed by atoms with Crippen LogP contribution in [0.15, 0.2) is 47.4 Å². The van der Waals surface area contributed by atoms with Gasteiger partial charge in [0, 0.05) is 31.5 Å². The number of hydrogen-bond acceptors (Lipinski definition) is 8. The number of imidazole rings is 1. The minimum Gasteiger partial charge on any atom is -0.495 e. The smallest absolute Gasteiger partial charge is 0.261 e. The van der Waals surface area contributed by atoms with Crippen molar-refractivity contribution in [3.63, 3.8) is 0 Å². The monoisotopic (exact) mass is 539 g/mol. The largest absolute Gasteiger partial charge is 0.495 e. The molecule has 200 valence electrons. The predicted molar refractivity (Wildman–Crippen MR) is 147 cm³/mol. The van der Waals surface area contributed by atoms with Crippen LogP contribution in [0.1, 0.15) is 17.2 Å². The fourth-order valence-corrected chi connectivity index (χ4v) is 4.98. The Kier molecular flexibility index (Phi) is 7.57. The summed E-state index contributed by atoms with van der Waals surface area (Å²) in [6.07, 6.45) is 0.451. The quantitative estimate of drug-likeness (QED) is 0.230. The van der Waals surface area contributed by atoms with Crippen molar-refractivity contribution in [2.45, 2.75) is 19.1 Å². The molecule has 1 aliphatic rings. The van der Waals surface area contributed by atoms with Gasteiger partial charge in [0.15, 0.2) is 0 Å². The third-order valence-corrected chi connectivity index (χ3v) is 7.01. The van der Waals surface area contributed by atoms with Crippen molar-refractivity contribution in [2.24, 2.45) is 0 Å².